The fourth-order valence-corrected chi connectivity index (χ4v) is 10.2. The van der Waals surface area contributed by atoms with Crippen molar-refractivity contribution >= 4 is 11.9 Å². The van der Waals surface area contributed by atoms with Crippen LogP contribution in [-0.2, 0) is 23.8 Å². The summed E-state index contributed by atoms with van der Waals surface area (Å²) in [6, 6.07) is -1.04. The zero-order valence-electron chi connectivity index (χ0n) is 53.7. The molecule has 1 aliphatic rings. The number of rotatable bonds is 58. The third-order valence-electron chi connectivity index (χ3n) is 15.7. The predicted octanol–water partition coefficient (Wildman–Crippen LogP) is 17.5. The summed E-state index contributed by atoms with van der Waals surface area (Å²) in [5, 5.41) is 57.2. The molecule has 0 aromatic heterocycles. The molecule has 0 aromatic carbocycles. The molecule has 0 bridgehead atoms. The second kappa shape index (κ2) is 59.9. The van der Waals surface area contributed by atoms with Crippen molar-refractivity contribution in [3.8, 4) is 0 Å². The zero-order chi connectivity index (χ0) is 61.0. The largest absolute Gasteiger partial charge is 0.454 e. The summed E-state index contributed by atoms with van der Waals surface area (Å²) >= 11 is 0. The molecule has 84 heavy (non-hydrogen) atoms. The lowest BCUT2D eigenvalue weighted by molar-refractivity contribution is -0.305. The van der Waals surface area contributed by atoms with Crippen LogP contribution >= 0.6 is 0 Å². The molecule has 0 spiro atoms. The molecule has 11 heteroatoms. The predicted molar refractivity (Wildman–Crippen MR) is 352 cm³/mol. The molecule has 6 N–H and O–H groups in total. The van der Waals surface area contributed by atoms with E-state index in [-0.39, 0.29) is 19.4 Å². The first-order chi connectivity index (χ1) is 41.2. The fourth-order valence-electron chi connectivity index (χ4n) is 10.2. The van der Waals surface area contributed by atoms with Gasteiger partial charge in [0.15, 0.2) is 12.4 Å². The summed E-state index contributed by atoms with van der Waals surface area (Å²) < 4.78 is 17.7. The molecule has 1 saturated heterocycles. The van der Waals surface area contributed by atoms with Gasteiger partial charge in [0, 0.05) is 6.42 Å². The number of ether oxygens (including phenoxy) is 3. The van der Waals surface area contributed by atoms with Gasteiger partial charge in [-0.15, -0.1) is 0 Å². The first-order valence-corrected chi connectivity index (χ1v) is 34.5. The van der Waals surface area contributed by atoms with Crippen LogP contribution in [-0.4, -0.2) is 99.6 Å². The van der Waals surface area contributed by atoms with Gasteiger partial charge in [0.2, 0.25) is 5.91 Å². The van der Waals surface area contributed by atoms with Crippen LogP contribution in [0.5, 0.6) is 0 Å². The van der Waals surface area contributed by atoms with Gasteiger partial charge in [-0.1, -0.05) is 272 Å². The van der Waals surface area contributed by atoms with Crippen LogP contribution < -0.4 is 5.32 Å². The van der Waals surface area contributed by atoms with Crippen LogP contribution in [0.1, 0.15) is 290 Å². The lowest BCUT2D eigenvalue weighted by Crippen LogP contribution is -2.61. The average Bonchev–Trinajstić information content (AvgIpc) is 3.69. The number of carbonyl (C=O) groups excluding carboxylic acids is 2. The Hall–Kier alpha value is -3.42. The van der Waals surface area contributed by atoms with Gasteiger partial charge in [-0.05, 0) is 109 Å². The van der Waals surface area contributed by atoms with Crippen molar-refractivity contribution in [3.63, 3.8) is 0 Å². The molecule has 8 atom stereocenters. The summed E-state index contributed by atoms with van der Waals surface area (Å²) in [5.74, 6) is -1.21. The van der Waals surface area contributed by atoms with E-state index in [1.165, 1.54) is 128 Å². The smallest absolute Gasteiger partial charge is 0.306 e. The molecule has 484 valence electrons. The van der Waals surface area contributed by atoms with E-state index >= 15 is 0 Å². The third-order valence-corrected chi connectivity index (χ3v) is 15.7. The van der Waals surface area contributed by atoms with Crippen LogP contribution in [0, 0.1) is 0 Å². The van der Waals surface area contributed by atoms with Crippen molar-refractivity contribution < 1.29 is 49.3 Å². The third kappa shape index (κ3) is 46.8. The summed E-state index contributed by atoms with van der Waals surface area (Å²) in [6.07, 6.45) is 70.0. The SMILES string of the molecule is CCCCC/C=C\C/C=C\C/C=C\C/C=C\CCCCCCCCCCCC(=O)OC1C(OCC(NC(=O)C(O)CCCCCCC/C=C\C/C=C\C/C=C\CCCCC)C(O)/C=C/CCCCCCCCCCCC)OC(CO)C(O)C1O. The average molecular weight is 1180 g/mol. The number of carbonyl (C=O) groups is 2. The number of allylic oxidation sites excluding steroid dienone is 15. The summed E-state index contributed by atoms with van der Waals surface area (Å²) in [6.45, 7) is 5.73. The molecule has 1 fully saturated rings. The summed E-state index contributed by atoms with van der Waals surface area (Å²) in [5.41, 5.74) is 0. The molecule has 8 unspecified atom stereocenters. The molecule has 1 amide bonds. The number of esters is 1. The molecule has 0 radical (unpaired) electrons. The van der Waals surface area contributed by atoms with E-state index in [2.05, 4.69) is 111 Å². The number of aliphatic hydroxyl groups is 5. The first-order valence-electron chi connectivity index (χ1n) is 34.5. The van der Waals surface area contributed by atoms with Crippen LogP contribution in [0.2, 0.25) is 0 Å². The molecule has 1 heterocycles. The lowest BCUT2D eigenvalue weighted by atomic mass is 9.99. The maximum absolute atomic E-state index is 13.5. The van der Waals surface area contributed by atoms with Gasteiger partial charge in [-0.2, -0.15) is 0 Å². The Morgan fingerprint density at radius 1 is 0.464 bits per heavy atom. The summed E-state index contributed by atoms with van der Waals surface area (Å²) in [4.78, 5) is 26.6. The van der Waals surface area contributed by atoms with Crippen molar-refractivity contribution in [3.05, 3.63) is 97.2 Å². The highest BCUT2D eigenvalue weighted by Gasteiger charge is 2.47. The second-order valence-corrected chi connectivity index (χ2v) is 23.6. The number of amides is 1. The van der Waals surface area contributed by atoms with Crippen LogP contribution in [0.25, 0.3) is 0 Å². The standard InChI is InChI=1S/C73H127NO10/c1-4-7-10-13-16-19-22-25-27-29-31-32-33-34-35-36-37-39-41-43-46-49-52-55-58-61-68(78)84-71-70(80)69(79)67(62-75)83-73(71)82-63-64(65(76)59-56-53-50-47-44-24-21-18-15-12-9-6-3)74-72(81)66(77)60-57-54-51-48-45-42-40-38-30-28-26-23-20-17-14-11-8-5-2/h16-17,19-20,25-28,31-32,34-35,38,40,56,59,64-67,69-71,73,75-77,79-80H,4-15,18,21-24,29-30,33,36-37,39,41-55,57-58,60-63H2,1-3H3,(H,74,81)/b19-16-,20-17-,27-25-,28-26-,32-31-,35-34-,40-38-,59-56+. The van der Waals surface area contributed by atoms with Crippen molar-refractivity contribution in [2.45, 2.75) is 339 Å². The van der Waals surface area contributed by atoms with Crippen molar-refractivity contribution in [2.24, 2.45) is 0 Å². The molecule has 0 aromatic rings. The number of hydrogen-bond donors (Lipinski definition) is 6. The van der Waals surface area contributed by atoms with Crippen molar-refractivity contribution in [1.82, 2.24) is 5.32 Å². The zero-order valence-corrected chi connectivity index (χ0v) is 53.7. The molecule has 1 rings (SSSR count). The minimum absolute atomic E-state index is 0.110. The minimum atomic E-state index is -1.62. The Kier molecular flexibility index (Phi) is 56.0. The van der Waals surface area contributed by atoms with E-state index in [4.69, 9.17) is 14.2 Å². The highest BCUT2D eigenvalue weighted by Crippen LogP contribution is 2.26. The second-order valence-electron chi connectivity index (χ2n) is 23.6. The van der Waals surface area contributed by atoms with Gasteiger partial charge < -0.3 is 45.1 Å². The van der Waals surface area contributed by atoms with Gasteiger partial charge >= 0.3 is 5.97 Å². The molecular weight excluding hydrogens is 1050 g/mol. The number of aliphatic hydroxyl groups excluding tert-OH is 5. The normalized spacial score (nSPS) is 19.1. The highest BCUT2D eigenvalue weighted by molar-refractivity contribution is 5.80. The summed E-state index contributed by atoms with van der Waals surface area (Å²) in [7, 11) is 0. The fraction of sp³-hybridized carbons (Fsp3) is 0.753. The van der Waals surface area contributed by atoms with E-state index in [1.54, 1.807) is 6.08 Å². The van der Waals surface area contributed by atoms with Crippen molar-refractivity contribution in [2.75, 3.05) is 13.2 Å². The number of hydrogen-bond acceptors (Lipinski definition) is 10. The Balaban J connectivity index is 2.61. The first kappa shape index (κ1) is 78.6. The minimum Gasteiger partial charge on any atom is -0.454 e. The Bertz CT molecular complexity index is 1740. The molecular formula is C73H127NO10. The van der Waals surface area contributed by atoms with E-state index in [0.29, 0.717) is 12.8 Å². The Morgan fingerprint density at radius 3 is 1.25 bits per heavy atom. The van der Waals surface area contributed by atoms with Crippen LogP contribution in [0.4, 0.5) is 0 Å². The molecule has 11 nitrogen and oxygen atoms in total. The Labute approximate surface area is 514 Å². The van der Waals surface area contributed by atoms with Gasteiger partial charge in [-0.25, -0.2) is 0 Å². The topological polar surface area (TPSA) is 175 Å². The van der Waals surface area contributed by atoms with E-state index < -0.39 is 67.4 Å². The van der Waals surface area contributed by atoms with E-state index in [1.807, 2.05) is 6.08 Å². The maximum Gasteiger partial charge on any atom is 0.306 e. The van der Waals surface area contributed by atoms with E-state index in [0.717, 1.165) is 116 Å². The maximum atomic E-state index is 13.5. The highest BCUT2D eigenvalue weighted by atomic mass is 16.7. The quantitative estimate of drug-likeness (QED) is 0.0195. The number of nitrogens with one attached hydrogen (secondary N) is 1. The molecule has 1 aliphatic heterocycles. The van der Waals surface area contributed by atoms with Gasteiger partial charge in [0.1, 0.15) is 24.4 Å². The van der Waals surface area contributed by atoms with Gasteiger partial charge in [0.05, 0.1) is 25.4 Å². The molecule has 0 aliphatic carbocycles. The van der Waals surface area contributed by atoms with E-state index in [9.17, 15) is 35.1 Å². The Morgan fingerprint density at radius 2 is 0.821 bits per heavy atom. The van der Waals surface area contributed by atoms with Gasteiger partial charge in [0.25, 0.3) is 0 Å². The van der Waals surface area contributed by atoms with Crippen LogP contribution in [0.3, 0.4) is 0 Å². The molecule has 0 saturated carbocycles. The monoisotopic (exact) mass is 1180 g/mol. The lowest BCUT2D eigenvalue weighted by Gasteiger charge is -2.41. The van der Waals surface area contributed by atoms with Crippen molar-refractivity contribution in [1.29, 1.82) is 0 Å². The van der Waals surface area contributed by atoms with Crippen LogP contribution in [0.15, 0.2) is 97.2 Å². The number of unbranched alkanes of at least 4 members (excludes halogenated alkanes) is 30. The van der Waals surface area contributed by atoms with Gasteiger partial charge in [-0.3, -0.25) is 9.59 Å².